The molecule has 5 rings (SSSR count). The number of carbonyl (C=O) groups is 5. The third-order valence-electron chi connectivity index (χ3n) is 12.1. The Balaban J connectivity index is 1.33. The predicted octanol–water partition coefficient (Wildman–Crippen LogP) is 3.62. The smallest absolute Gasteiger partial charge is 0.315 e. The fraction of sp³-hybridized carbons (Fsp3) is 0.865. The number of likely N-dealkylation sites (tertiary alicyclic amines) is 1. The highest BCUT2D eigenvalue weighted by atomic mass is 32.2. The molecule has 282 valence electrons. The molecule has 13 heteroatoms. The van der Waals surface area contributed by atoms with Gasteiger partial charge in [-0.25, -0.2) is 13.2 Å². The van der Waals surface area contributed by atoms with Crippen molar-refractivity contribution in [1.29, 1.82) is 0 Å². The largest absolute Gasteiger partial charge is 0.347 e. The molecule has 12 nitrogen and oxygen atoms in total. The number of carbonyl (C=O) groups excluding carboxylic acids is 5. The Bertz CT molecular complexity index is 1470. The maximum Gasteiger partial charge on any atom is 0.315 e. The minimum absolute atomic E-state index is 0.0112. The van der Waals surface area contributed by atoms with Crippen molar-refractivity contribution in [2.24, 2.45) is 28.6 Å². The number of rotatable bonds is 13. The van der Waals surface area contributed by atoms with Crippen molar-refractivity contribution in [3.05, 3.63) is 0 Å². The summed E-state index contributed by atoms with van der Waals surface area (Å²) < 4.78 is 25.7. The van der Waals surface area contributed by atoms with Crippen LogP contribution in [-0.4, -0.2) is 89.6 Å². The fourth-order valence-corrected chi connectivity index (χ4v) is 9.65. The van der Waals surface area contributed by atoms with Crippen LogP contribution in [0.25, 0.3) is 0 Å². The van der Waals surface area contributed by atoms with Gasteiger partial charge < -0.3 is 26.2 Å². The van der Waals surface area contributed by atoms with Gasteiger partial charge in [0.1, 0.15) is 12.1 Å². The van der Waals surface area contributed by atoms with Gasteiger partial charge in [-0.05, 0) is 87.9 Å². The van der Waals surface area contributed by atoms with Gasteiger partial charge in [0.15, 0.2) is 9.84 Å². The first kappa shape index (κ1) is 38.5. The summed E-state index contributed by atoms with van der Waals surface area (Å²) in [5.41, 5.74) is -1.89. The average Bonchev–Trinajstić information content (AvgIpc) is 3.95. The second kappa shape index (κ2) is 13.7. The minimum atomic E-state index is -3.56. The number of nitrogens with one attached hydrogen (secondary N) is 4. The van der Waals surface area contributed by atoms with Crippen molar-refractivity contribution in [3.63, 3.8) is 0 Å². The quantitative estimate of drug-likeness (QED) is 0.211. The van der Waals surface area contributed by atoms with Crippen LogP contribution >= 0.6 is 0 Å². The maximum absolute atomic E-state index is 14.5. The van der Waals surface area contributed by atoms with Crippen LogP contribution in [0.4, 0.5) is 4.79 Å². The molecule has 1 heterocycles. The standard InChI is InChI=1S/C37H61N5O7S/c1-34(2,3)29(40-33(47)41-37(18-10-9-11-19-37)21-50(48,49)35(4,5)6)32(46)42-20-24-26(36(24,7)8)27(42)30(44)39-25(17-14-22-12-13-22)28(43)31(45)38-23-15-16-23/h22-27,29H,9-21H2,1-8H3,(H,38,45)(H,39,44)(H2,40,41,47)/t24-,25+,26-,27-,29?/m0/s1. The fourth-order valence-electron chi connectivity index (χ4n) is 8.13. The highest BCUT2D eigenvalue weighted by Gasteiger charge is 2.70. The second-order valence-electron chi connectivity index (χ2n) is 18.7. The SMILES string of the molecule is CC(C)(C)C(NC(=O)NC1(CS(=O)(=O)C(C)(C)C)CCCCC1)C(=O)N1C[C@H]2[C@@H]([C@H]1C(=O)N[C@H](CCC1CC1)C(=O)C(=O)NC1CC1)C2(C)C. The van der Waals surface area contributed by atoms with Crippen LogP contribution in [0.2, 0.25) is 0 Å². The van der Waals surface area contributed by atoms with Crippen LogP contribution in [0.5, 0.6) is 0 Å². The molecule has 1 saturated heterocycles. The van der Waals surface area contributed by atoms with E-state index in [4.69, 9.17) is 0 Å². The van der Waals surface area contributed by atoms with E-state index < -0.39 is 73.2 Å². The molecule has 0 aromatic rings. The zero-order valence-electron chi connectivity index (χ0n) is 31.4. The lowest BCUT2D eigenvalue weighted by Crippen LogP contribution is -2.64. The number of nitrogens with zero attached hydrogens (tertiary/aromatic N) is 1. The molecule has 4 saturated carbocycles. The van der Waals surface area contributed by atoms with Gasteiger partial charge in [0.25, 0.3) is 5.91 Å². The van der Waals surface area contributed by atoms with E-state index >= 15 is 0 Å². The molecule has 0 radical (unpaired) electrons. The lowest BCUT2D eigenvalue weighted by atomic mass is 9.83. The van der Waals surface area contributed by atoms with E-state index in [1.165, 1.54) is 0 Å². The molecule has 0 aromatic carbocycles. The highest BCUT2D eigenvalue weighted by Crippen LogP contribution is 2.65. The average molecular weight is 720 g/mol. The van der Waals surface area contributed by atoms with Crippen LogP contribution in [0.3, 0.4) is 0 Å². The first-order valence-corrected chi connectivity index (χ1v) is 20.5. The molecule has 4 N–H and O–H groups in total. The number of hydrogen-bond acceptors (Lipinski definition) is 7. The molecule has 5 atom stereocenters. The molecule has 5 fully saturated rings. The number of Topliss-reactive ketones (excluding diaryl/α,β-unsaturated/α-hetero) is 1. The molecular weight excluding hydrogens is 659 g/mol. The van der Waals surface area contributed by atoms with E-state index in [1.807, 2.05) is 20.8 Å². The summed E-state index contributed by atoms with van der Waals surface area (Å²) in [5.74, 6) is -1.92. The van der Waals surface area contributed by atoms with Gasteiger partial charge in [-0.3, -0.25) is 19.2 Å². The number of hydrogen-bond donors (Lipinski definition) is 4. The van der Waals surface area contributed by atoms with E-state index in [0.717, 1.165) is 51.4 Å². The van der Waals surface area contributed by atoms with Crippen LogP contribution in [-0.2, 0) is 29.0 Å². The second-order valence-corrected chi connectivity index (χ2v) is 21.4. The summed E-state index contributed by atoms with van der Waals surface area (Å²) in [5, 5.41) is 11.6. The monoisotopic (exact) mass is 719 g/mol. The summed E-state index contributed by atoms with van der Waals surface area (Å²) >= 11 is 0. The first-order chi connectivity index (χ1) is 23.1. The molecule has 5 aliphatic rings. The zero-order chi connectivity index (χ0) is 37.0. The van der Waals surface area contributed by atoms with Gasteiger partial charge in [-0.15, -0.1) is 0 Å². The normalized spacial score (nSPS) is 27.0. The molecule has 1 unspecified atom stereocenters. The number of amides is 5. The first-order valence-electron chi connectivity index (χ1n) is 18.8. The summed E-state index contributed by atoms with van der Waals surface area (Å²) in [7, 11) is -3.56. The Hall–Kier alpha value is -2.70. The van der Waals surface area contributed by atoms with Gasteiger partial charge in [0.2, 0.25) is 17.6 Å². The summed E-state index contributed by atoms with van der Waals surface area (Å²) in [4.78, 5) is 70.1. The van der Waals surface area contributed by atoms with Gasteiger partial charge in [-0.2, -0.15) is 0 Å². The molecule has 4 aliphatic carbocycles. The molecule has 1 aliphatic heterocycles. The van der Waals surface area contributed by atoms with Crippen molar-refractivity contribution >= 4 is 39.4 Å². The summed E-state index contributed by atoms with van der Waals surface area (Å²) in [6.07, 6.45) is 8.52. The van der Waals surface area contributed by atoms with Crippen molar-refractivity contribution < 1.29 is 32.4 Å². The van der Waals surface area contributed by atoms with E-state index in [2.05, 4.69) is 35.1 Å². The molecule has 0 spiro atoms. The minimum Gasteiger partial charge on any atom is -0.347 e. The molecular formula is C37H61N5O7S. The predicted molar refractivity (Wildman–Crippen MR) is 191 cm³/mol. The molecule has 50 heavy (non-hydrogen) atoms. The number of urea groups is 1. The van der Waals surface area contributed by atoms with Crippen molar-refractivity contribution in [1.82, 2.24) is 26.2 Å². The lowest BCUT2D eigenvalue weighted by Gasteiger charge is -2.41. The van der Waals surface area contributed by atoms with Crippen LogP contribution in [0, 0.1) is 28.6 Å². The van der Waals surface area contributed by atoms with E-state index in [9.17, 15) is 32.4 Å². The van der Waals surface area contributed by atoms with Crippen molar-refractivity contribution in [2.75, 3.05) is 12.3 Å². The molecule has 0 aromatic heterocycles. The number of piperidine rings is 1. The third-order valence-corrected chi connectivity index (χ3v) is 14.9. The number of ketones is 1. The van der Waals surface area contributed by atoms with E-state index in [0.29, 0.717) is 31.7 Å². The van der Waals surface area contributed by atoms with Crippen LogP contribution < -0.4 is 21.3 Å². The summed E-state index contributed by atoms with van der Waals surface area (Å²) in [6.45, 7) is 15.0. The lowest BCUT2D eigenvalue weighted by molar-refractivity contribution is -0.145. The van der Waals surface area contributed by atoms with Crippen molar-refractivity contribution in [2.45, 2.75) is 160 Å². The molecule has 0 bridgehead atoms. The molecule has 5 amide bonds. The Labute approximate surface area is 298 Å². The third kappa shape index (κ3) is 8.49. The Morgan fingerprint density at radius 1 is 0.880 bits per heavy atom. The Morgan fingerprint density at radius 2 is 1.50 bits per heavy atom. The maximum atomic E-state index is 14.5. The van der Waals surface area contributed by atoms with Crippen molar-refractivity contribution in [3.8, 4) is 0 Å². The van der Waals surface area contributed by atoms with Gasteiger partial charge in [0, 0.05) is 12.6 Å². The topological polar surface area (TPSA) is 171 Å². The van der Waals surface area contributed by atoms with Gasteiger partial charge in [0.05, 0.1) is 22.1 Å². The summed E-state index contributed by atoms with van der Waals surface area (Å²) in [6, 6.07) is -3.45. The Morgan fingerprint density at radius 3 is 2.04 bits per heavy atom. The van der Waals surface area contributed by atoms with Gasteiger partial charge in [-0.1, -0.05) is 66.7 Å². The highest BCUT2D eigenvalue weighted by molar-refractivity contribution is 7.92. The number of sulfone groups is 1. The zero-order valence-corrected chi connectivity index (χ0v) is 32.3. The number of fused-ring (bicyclic) bond motifs is 1. The van der Waals surface area contributed by atoms with E-state index in [-0.39, 0.29) is 29.0 Å². The Kier molecular flexibility index (Phi) is 10.6. The van der Waals surface area contributed by atoms with Crippen LogP contribution in [0.1, 0.15) is 126 Å². The van der Waals surface area contributed by atoms with Gasteiger partial charge >= 0.3 is 6.03 Å². The van der Waals surface area contributed by atoms with Crippen LogP contribution in [0.15, 0.2) is 0 Å². The van der Waals surface area contributed by atoms with E-state index in [1.54, 1.807) is 25.7 Å².